The Morgan fingerprint density at radius 1 is 1.03 bits per heavy atom. The number of carbonyl (C=O) groups is 2. The number of nitrogens with one attached hydrogen (secondary N) is 1. The number of carbonyl (C=O) groups excluding carboxylic acids is 2. The molecule has 0 aromatic heterocycles. The molecular formula is C21H32F3NO4Si. The molecule has 1 aromatic carbocycles. The maximum absolute atomic E-state index is 12.9. The summed E-state index contributed by atoms with van der Waals surface area (Å²) >= 11 is 0. The van der Waals surface area contributed by atoms with E-state index >= 15 is 0 Å². The third-order valence-electron chi connectivity index (χ3n) is 4.95. The molecule has 0 fully saturated rings. The van der Waals surface area contributed by atoms with Crippen LogP contribution in [0.15, 0.2) is 24.3 Å². The molecule has 0 saturated heterocycles. The minimum absolute atomic E-state index is 0.226. The Kier molecular flexibility index (Phi) is 7.93. The second-order valence-corrected chi connectivity index (χ2v) is 14.5. The molecule has 0 aliphatic carbocycles. The molecule has 0 heterocycles. The molecule has 2 atom stereocenters. The Balaban J connectivity index is 3.31. The number of rotatable bonds is 6. The van der Waals surface area contributed by atoms with Crippen LogP contribution in [0.3, 0.4) is 0 Å². The molecule has 0 spiro atoms. The smallest absolute Gasteiger partial charge is 0.416 e. The molecule has 1 rings (SSSR count). The standard InChI is InChI=1S/C21H32F3NO4Si/c1-19(2,3)28-18(27)25-16(13-26)17(29-30(7,8)20(4,5)6)14-9-11-15(12-10-14)21(22,23)24/h9-13,16-17H,1-8H3,(H,25,27)/t16-,17+/m1/s1. The minimum Gasteiger partial charge on any atom is -0.444 e. The lowest BCUT2D eigenvalue weighted by Crippen LogP contribution is -2.49. The van der Waals surface area contributed by atoms with Crippen LogP contribution < -0.4 is 5.32 Å². The van der Waals surface area contributed by atoms with Crippen molar-refractivity contribution in [3.63, 3.8) is 0 Å². The van der Waals surface area contributed by atoms with E-state index < -0.39 is 43.9 Å². The topological polar surface area (TPSA) is 64.6 Å². The van der Waals surface area contributed by atoms with Gasteiger partial charge in [-0.1, -0.05) is 32.9 Å². The number of ether oxygens (including phenoxy) is 1. The van der Waals surface area contributed by atoms with E-state index in [2.05, 4.69) is 5.32 Å². The van der Waals surface area contributed by atoms with Gasteiger partial charge < -0.3 is 19.3 Å². The fourth-order valence-electron chi connectivity index (χ4n) is 2.33. The maximum atomic E-state index is 12.9. The van der Waals surface area contributed by atoms with Crippen molar-refractivity contribution in [2.24, 2.45) is 0 Å². The van der Waals surface area contributed by atoms with Crippen LogP contribution in [-0.4, -0.2) is 32.3 Å². The van der Waals surface area contributed by atoms with Crippen LogP contribution >= 0.6 is 0 Å². The molecule has 0 aliphatic rings. The SMILES string of the molecule is CC(C)(C)OC(=O)N[C@H](C=O)[C@@H](O[Si](C)(C)C(C)(C)C)c1ccc(C(F)(F)F)cc1. The van der Waals surface area contributed by atoms with Gasteiger partial charge in [0, 0.05) is 0 Å². The Hall–Kier alpha value is -1.87. The Labute approximate surface area is 177 Å². The van der Waals surface area contributed by atoms with Gasteiger partial charge in [-0.3, -0.25) is 0 Å². The largest absolute Gasteiger partial charge is 0.444 e. The molecule has 0 bridgehead atoms. The van der Waals surface area contributed by atoms with Gasteiger partial charge in [0.2, 0.25) is 0 Å². The van der Waals surface area contributed by atoms with Gasteiger partial charge in [0.1, 0.15) is 17.9 Å². The predicted octanol–water partition coefficient (Wildman–Crippen LogP) is 5.86. The van der Waals surface area contributed by atoms with Gasteiger partial charge in [0.05, 0.1) is 11.7 Å². The van der Waals surface area contributed by atoms with Crippen molar-refractivity contribution in [1.82, 2.24) is 5.32 Å². The monoisotopic (exact) mass is 447 g/mol. The lowest BCUT2D eigenvalue weighted by molar-refractivity contribution is -0.137. The second-order valence-electron chi connectivity index (χ2n) is 9.73. The van der Waals surface area contributed by atoms with Crippen molar-refractivity contribution < 1.29 is 31.9 Å². The van der Waals surface area contributed by atoms with Crippen molar-refractivity contribution in [1.29, 1.82) is 0 Å². The van der Waals surface area contributed by atoms with E-state index in [1.54, 1.807) is 20.8 Å². The molecule has 1 amide bonds. The summed E-state index contributed by atoms with van der Waals surface area (Å²) in [6.07, 6.45) is -5.74. The van der Waals surface area contributed by atoms with Crippen LogP contribution in [0.1, 0.15) is 58.8 Å². The quantitative estimate of drug-likeness (QED) is 0.438. The highest BCUT2D eigenvalue weighted by Gasteiger charge is 2.42. The molecule has 170 valence electrons. The van der Waals surface area contributed by atoms with Crippen LogP contribution in [0.2, 0.25) is 18.1 Å². The molecule has 1 aromatic rings. The second kappa shape index (κ2) is 9.09. The van der Waals surface area contributed by atoms with E-state index in [1.807, 2.05) is 33.9 Å². The van der Waals surface area contributed by atoms with Crippen LogP contribution in [0.5, 0.6) is 0 Å². The normalized spacial score (nSPS) is 15.3. The minimum atomic E-state index is -4.48. The molecule has 0 radical (unpaired) electrons. The molecule has 1 N–H and O–H groups in total. The van der Waals surface area contributed by atoms with Gasteiger partial charge in [-0.2, -0.15) is 13.2 Å². The highest BCUT2D eigenvalue weighted by molar-refractivity contribution is 6.74. The Morgan fingerprint density at radius 3 is 1.90 bits per heavy atom. The maximum Gasteiger partial charge on any atom is 0.416 e. The van der Waals surface area contributed by atoms with Gasteiger partial charge in [0.25, 0.3) is 0 Å². The number of alkyl halides is 3. The Morgan fingerprint density at radius 2 is 1.53 bits per heavy atom. The number of hydrogen-bond donors (Lipinski definition) is 1. The summed E-state index contributed by atoms with van der Waals surface area (Å²) in [6.45, 7) is 15.0. The van der Waals surface area contributed by atoms with Gasteiger partial charge in [-0.25, -0.2) is 4.79 Å². The molecule has 5 nitrogen and oxygen atoms in total. The first-order valence-corrected chi connectivity index (χ1v) is 12.6. The van der Waals surface area contributed by atoms with E-state index in [0.29, 0.717) is 11.8 Å². The van der Waals surface area contributed by atoms with Crippen LogP contribution in [0.4, 0.5) is 18.0 Å². The van der Waals surface area contributed by atoms with Crippen molar-refractivity contribution in [3.8, 4) is 0 Å². The Bertz CT molecular complexity index is 735. The fourth-order valence-corrected chi connectivity index (χ4v) is 3.60. The lowest BCUT2D eigenvalue weighted by Gasteiger charge is -2.40. The first-order valence-electron chi connectivity index (χ1n) is 9.67. The van der Waals surface area contributed by atoms with Crippen LogP contribution in [0.25, 0.3) is 0 Å². The summed E-state index contributed by atoms with van der Waals surface area (Å²) in [5.74, 6) is 0. The van der Waals surface area contributed by atoms with E-state index in [-0.39, 0.29) is 5.04 Å². The number of aldehydes is 1. The number of hydrogen-bond acceptors (Lipinski definition) is 4. The summed E-state index contributed by atoms with van der Waals surface area (Å²) in [7, 11) is -2.45. The predicted molar refractivity (Wildman–Crippen MR) is 112 cm³/mol. The van der Waals surface area contributed by atoms with Crippen LogP contribution in [0, 0.1) is 0 Å². The summed E-state index contributed by atoms with van der Waals surface area (Å²) < 4.78 is 50.4. The van der Waals surface area contributed by atoms with Gasteiger partial charge in [0.15, 0.2) is 8.32 Å². The average Bonchev–Trinajstić information content (AvgIpc) is 2.54. The molecule has 9 heteroatoms. The lowest BCUT2D eigenvalue weighted by atomic mass is 10.0. The first kappa shape index (κ1) is 26.2. The number of alkyl carbamates (subject to hydrolysis) is 1. The summed E-state index contributed by atoms with van der Waals surface area (Å²) in [5.41, 5.74) is -1.22. The third kappa shape index (κ3) is 7.43. The first-order chi connectivity index (χ1) is 13.4. The fraction of sp³-hybridized carbons (Fsp3) is 0.619. The molecule has 0 saturated carbocycles. The van der Waals surface area contributed by atoms with E-state index in [0.717, 1.165) is 12.1 Å². The van der Waals surface area contributed by atoms with Crippen molar-refractivity contribution in [2.75, 3.05) is 0 Å². The summed E-state index contributed by atoms with van der Waals surface area (Å²) in [5, 5.41) is 2.26. The average molecular weight is 448 g/mol. The van der Waals surface area contributed by atoms with Gasteiger partial charge in [-0.05, 0) is 56.6 Å². The van der Waals surface area contributed by atoms with Gasteiger partial charge >= 0.3 is 12.3 Å². The molecule has 0 aliphatic heterocycles. The van der Waals surface area contributed by atoms with E-state index in [1.165, 1.54) is 12.1 Å². The number of halogens is 3. The van der Waals surface area contributed by atoms with E-state index in [9.17, 15) is 22.8 Å². The summed E-state index contributed by atoms with van der Waals surface area (Å²) in [4.78, 5) is 24.1. The third-order valence-corrected chi connectivity index (χ3v) is 9.41. The summed E-state index contributed by atoms with van der Waals surface area (Å²) in [6, 6.07) is 3.28. The number of benzene rings is 1. The van der Waals surface area contributed by atoms with Crippen LogP contribution in [-0.2, 0) is 20.1 Å². The molecule has 30 heavy (non-hydrogen) atoms. The van der Waals surface area contributed by atoms with Gasteiger partial charge in [-0.15, -0.1) is 0 Å². The molecule has 0 unspecified atom stereocenters. The highest BCUT2D eigenvalue weighted by atomic mass is 28.4. The zero-order valence-corrected chi connectivity index (χ0v) is 19.8. The van der Waals surface area contributed by atoms with Crippen molar-refractivity contribution in [2.45, 2.75) is 83.6 Å². The van der Waals surface area contributed by atoms with E-state index in [4.69, 9.17) is 9.16 Å². The highest BCUT2D eigenvalue weighted by Crippen LogP contribution is 2.41. The number of amides is 1. The van der Waals surface area contributed by atoms with Crippen molar-refractivity contribution >= 4 is 20.7 Å². The zero-order chi connectivity index (χ0) is 23.5. The zero-order valence-electron chi connectivity index (χ0n) is 18.8. The van der Waals surface area contributed by atoms with Crippen molar-refractivity contribution in [3.05, 3.63) is 35.4 Å². The molecular weight excluding hydrogens is 415 g/mol.